The Balaban J connectivity index is 4.43. The van der Waals surface area contributed by atoms with E-state index in [0.29, 0.717) is 19.8 Å². The molecule has 0 heterocycles. The van der Waals surface area contributed by atoms with E-state index in [-0.39, 0.29) is 26.4 Å². The van der Waals surface area contributed by atoms with Gasteiger partial charge in [-0.15, -0.1) is 0 Å². The Morgan fingerprint density at radius 3 is 1.47 bits per heavy atom. The highest BCUT2D eigenvalue weighted by atomic mass is 19.4. The van der Waals surface area contributed by atoms with Crippen molar-refractivity contribution in [2.24, 2.45) is 5.41 Å². The average molecular weight is 523 g/mol. The van der Waals surface area contributed by atoms with E-state index < -0.39 is 62.3 Å². The third-order valence-corrected chi connectivity index (χ3v) is 4.03. The summed E-state index contributed by atoms with van der Waals surface area (Å²) in [6.45, 7) is 1.20. The van der Waals surface area contributed by atoms with Gasteiger partial charge in [-0.3, -0.25) is 4.79 Å². The van der Waals surface area contributed by atoms with Gasteiger partial charge in [0.1, 0.15) is 6.61 Å². The molecule has 1 amide bonds. The van der Waals surface area contributed by atoms with Crippen LogP contribution in [0.4, 0.5) is 39.5 Å². The average Bonchev–Trinajstić information content (AvgIpc) is 2.61. The fraction of sp³-hybridized carbons (Fsp3) is 0.947. The van der Waals surface area contributed by atoms with Gasteiger partial charge in [0.2, 0.25) is 5.91 Å². The molecule has 0 aliphatic rings. The van der Waals surface area contributed by atoms with Crippen molar-refractivity contribution in [2.45, 2.75) is 51.1 Å². The minimum atomic E-state index is -5.31. The van der Waals surface area contributed by atoms with Crippen molar-refractivity contribution in [1.82, 2.24) is 5.32 Å². The van der Waals surface area contributed by atoms with Gasteiger partial charge in [0.15, 0.2) is 0 Å². The van der Waals surface area contributed by atoms with Crippen molar-refractivity contribution in [3.05, 3.63) is 0 Å². The van der Waals surface area contributed by atoms with E-state index in [4.69, 9.17) is 14.2 Å². The van der Waals surface area contributed by atoms with Gasteiger partial charge >= 0.3 is 18.5 Å². The molecule has 15 heteroatoms. The Morgan fingerprint density at radius 2 is 1.06 bits per heavy atom. The summed E-state index contributed by atoms with van der Waals surface area (Å²) < 4.78 is 135. The molecule has 0 spiro atoms. The first-order chi connectivity index (χ1) is 15.6. The highest BCUT2D eigenvalue weighted by Crippen LogP contribution is 2.48. The Hall–Kier alpha value is -1.32. The minimum absolute atomic E-state index is 0.0155. The highest BCUT2D eigenvalue weighted by molar-refractivity contribution is 5.77. The van der Waals surface area contributed by atoms with Gasteiger partial charge in [-0.1, -0.05) is 6.92 Å². The molecule has 0 aliphatic carbocycles. The summed E-state index contributed by atoms with van der Waals surface area (Å²) in [6.07, 6.45) is -22.2. The first-order valence-corrected chi connectivity index (χ1v) is 10.4. The molecular weight excluding hydrogens is 493 g/mol. The van der Waals surface area contributed by atoms with E-state index in [1.807, 2.05) is 6.92 Å². The molecule has 1 N–H and O–H groups in total. The molecule has 0 saturated carbocycles. The van der Waals surface area contributed by atoms with Crippen molar-refractivity contribution in [2.75, 3.05) is 59.4 Å². The molecule has 0 saturated heterocycles. The van der Waals surface area contributed by atoms with Gasteiger partial charge in [0.05, 0.1) is 58.9 Å². The number of amides is 1. The summed E-state index contributed by atoms with van der Waals surface area (Å²) in [7, 11) is 0. The topological polar surface area (TPSA) is 66.0 Å². The van der Waals surface area contributed by atoms with Crippen LogP contribution in [0.5, 0.6) is 0 Å². The number of rotatable bonds is 18. The molecule has 0 rings (SSSR count). The molecule has 0 aromatic carbocycles. The van der Waals surface area contributed by atoms with Crippen LogP contribution in [-0.4, -0.2) is 83.8 Å². The van der Waals surface area contributed by atoms with Crippen molar-refractivity contribution >= 4 is 5.91 Å². The molecule has 0 aromatic heterocycles. The summed E-state index contributed by atoms with van der Waals surface area (Å²) in [6, 6.07) is 0. The van der Waals surface area contributed by atoms with Crippen molar-refractivity contribution in [3.63, 3.8) is 0 Å². The second kappa shape index (κ2) is 15.6. The predicted molar refractivity (Wildman–Crippen MR) is 101 cm³/mol. The van der Waals surface area contributed by atoms with Crippen LogP contribution in [-0.2, 0) is 23.7 Å². The number of hydrogen-bond donors (Lipinski definition) is 1. The Labute approximate surface area is 191 Å². The molecule has 204 valence electrons. The number of alkyl halides is 9. The Bertz CT molecular complexity index is 513. The third kappa shape index (κ3) is 20.1. The van der Waals surface area contributed by atoms with Crippen LogP contribution >= 0.6 is 0 Å². The van der Waals surface area contributed by atoms with Crippen LogP contribution in [0, 0.1) is 5.41 Å². The fourth-order valence-corrected chi connectivity index (χ4v) is 2.98. The van der Waals surface area contributed by atoms with Crippen LogP contribution in [0.3, 0.4) is 0 Å². The molecule has 0 atom stereocenters. The zero-order chi connectivity index (χ0) is 26.3. The van der Waals surface area contributed by atoms with E-state index in [0.717, 1.165) is 6.42 Å². The standard InChI is InChI=1S/C19H30F9NO5/c1-2-4-31-6-8-33-9-7-32-5-3-29-15(30)10-34-14-16(11-17(20,21)22,12-18(23,24)25)13-19(26,27)28/h2-14H2,1H3,(H,29,30). The van der Waals surface area contributed by atoms with E-state index in [1.165, 1.54) is 0 Å². The van der Waals surface area contributed by atoms with Crippen LogP contribution < -0.4 is 5.32 Å². The predicted octanol–water partition coefficient (Wildman–Crippen LogP) is 4.42. The highest BCUT2D eigenvalue weighted by Gasteiger charge is 2.53. The lowest BCUT2D eigenvalue weighted by Gasteiger charge is -2.35. The van der Waals surface area contributed by atoms with Crippen LogP contribution in [0.1, 0.15) is 32.6 Å². The monoisotopic (exact) mass is 523 g/mol. The molecule has 0 aliphatic heterocycles. The summed E-state index contributed by atoms with van der Waals surface area (Å²) in [4.78, 5) is 11.6. The van der Waals surface area contributed by atoms with Crippen molar-refractivity contribution in [1.29, 1.82) is 0 Å². The Kier molecular flexibility index (Phi) is 15.0. The number of ether oxygens (including phenoxy) is 4. The number of carbonyl (C=O) groups excluding carboxylic acids is 1. The quantitative estimate of drug-likeness (QED) is 0.213. The van der Waals surface area contributed by atoms with E-state index in [1.54, 1.807) is 0 Å². The summed E-state index contributed by atoms with van der Waals surface area (Å²) in [5.74, 6) is -0.937. The first kappa shape index (κ1) is 32.7. The van der Waals surface area contributed by atoms with Gasteiger partial charge in [-0.25, -0.2) is 0 Å². The zero-order valence-electron chi connectivity index (χ0n) is 18.6. The molecule has 0 unspecified atom stereocenters. The fourth-order valence-electron chi connectivity index (χ4n) is 2.98. The van der Waals surface area contributed by atoms with Crippen molar-refractivity contribution in [3.8, 4) is 0 Å². The lowest BCUT2D eigenvalue weighted by molar-refractivity contribution is -0.235. The van der Waals surface area contributed by atoms with E-state index in [2.05, 4.69) is 10.1 Å². The summed E-state index contributed by atoms with van der Waals surface area (Å²) >= 11 is 0. The number of halogens is 9. The molecule has 6 nitrogen and oxygen atoms in total. The molecule has 0 aromatic rings. The van der Waals surface area contributed by atoms with Gasteiger partial charge in [-0.2, -0.15) is 39.5 Å². The summed E-state index contributed by atoms with van der Waals surface area (Å²) in [5, 5.41) is 2.22. The number of hydrogen-bond acceptors (Lipinski definition) is 5. The smallest absolute Gasteiger partial charge is 0.379 e. The van der Waals surface area contributed by atoms with Crippen LogP contribution in [0.15, 0.2) is 0 Å². The van der Waals surface area contributed by atoms with Crippen molar-refractivity contribution < 1.29 is 63.3 Å². The zero-order valence-corrected chi connectivity index (χ0v) is 18.6. The van der Waals surface area contributed by atoms with Gasteiger partial charge in [-0.05, 0) is 6.42 Å². The maximum Gasteiger partial charge on any atom is 0.389 e. The van der Waals surface area contributed by atoms with E-state index >= 15 is 0 Å². The maximum absolute atomic E-state index is 12.8. The first-order valence-electron chi connectivity index (χ1n) is 10.4. The number of nitrogens with one attached hydrogen (secondary N) is 1. The SMILES string of the molecule is CCCOCCOCCOCCNC(=O)COCC(CC(F)(F)F)(CC(F)(F)F)CC(F)(F)F. The second-order valence-electron chi connectivity index (χ2n) is 7.56. The minimum Gasteiger partial charge on any atom is -0.379 e. The molecular formula is C19H30F9NO5. The largest absolute Gasteiger partial charge is 0.389 e. The lowest BCUT2D eigenvalue weighted by atomic mass is 9.78. The second-order valence-corrected chi connectivity index (χ2v) is 7.56. The number of carbonyl (C=O) groups is 1. The van der Waals surface area contributed by atoms with Gasteiger partial charge in [0.25, 0.3) is 0 Å². The lowest BCUT2D eigenvalue weighted by Crippen LogP contribution is -2.41. The molecule has 34 heavy (non-hydrogen) atoms. The summed E-state index contributed by atoms with van der Waals surface area (Å²) in [5.41, 5.74) is -3.35. The van der Waals surface area contributed by atoms with E-state index in [9.17, 15) is 44.3 Å². The third-order valence-electron chi connectivity index (χ3n) is 4.03. The molecule has 0 radical (unpaired) electrons. The molecule has 0 fully saturated rings. The normalized spacial score (nSPS) is 13.4. The Morgan fingerprint density at radius 1 is 0.647 bits per heavy atom. The maximum atomic E-state index is 12.8. The molecule has 0 bridgehead atoms. The van der Waals surface area contributed by atoms with Gasteiger partial charge < -0.3 is 24.3 Å². The van der Waals surface area contributed by atoms with Gasteiger partial charge in [0, 0.05) is 18.6 Å². The van der Waals surface area contributed by atoms with Crippen LogP contribution in [0.25, 0.3) is 0 Å². The van der Waals surface area contributed by atoms with Crippen LogP contribution in [0.2, 0.25) is 0 Å².